The summed E-state index contributed by atoms with van der Waals surface area (Å²) in [7, 11) is 0. The highest BCUT2D eigenvalue weighted by molar-refractivity contribution is 6.21. The van der Waals surface area contributed by atoms with Crippen molar-refractivity contribution in [2.45, 2.75) is 67.7 Å². The second-order valence-corrected chi connectivity index (χ2v) is 11.5. The minimum atomic E-state index is -1.11. The third-order valence-electron chi connectivity index (χ3n) is 9.96. The zero-order valence-corrected chi connectivity index (χ0v) is 19.7. The van der Waals surface area contributed by atoms with Crippen LogP contribution in [0.2, 0.25) is 0 Å². The molecule has 3 aliphatic heterocycles. The fourth-order valence-corrected chi connectivity index (χ4v) is 8.28. The lowest BCUT2D eigenvalue weighted by molar-refractivity contribution is -0.196. The Labute approximate surface area is 207 Å². The van der Waals surface area contributed by atoms with E-state index < -0.39 is 40.8 Å². The molecule has 2 N–H and O–H groups in total. The molecular weight excluding hydrogens is 463 g/mol. The Morgan fingerprint density at radius 2 is 1.92 bits per heavy atom. The standard InChI is InChI=1S/C28H27FN2O5/c29-17-3-1-2-16-21(17)26(34)31(25(16)33)18-8-9-28(35)20-12-15-6-7-19(32)23-22(15)27(28,24(18)36-23)10-11-30(20)13-14-4-5-14/h1-3,6-7,14,18,20,24,32,35H,4-5,8-13H2/t18-,20+,24-,27-,28+/m0/s1. The smallest absolute Gasteiger partial charge is 0.264 e. The SMILES string of the molecule is O=C1c2cccc(F)c2C(=O)N1[C@H]1CC[C@@]2(O)[C@H]3Cc4ccc(O)c5c4[C@@]2(CCN3CC2CC2)[C@H]1O5. The van der Waals surface area contributed by atoms with E-state index in [1.165, 1.54) is 31.0 Å². The third kappa shape index (κ3) is 2.31. The van der Waals surface area contributed by atoms with Gasteiger partial charge in [0.15, 0.2) is 11.5 Å². The second kappa shape index (κ2) is 6.66. The maximum atomic E-state index is 14.6. The maximum Gasteiger partial charge on any atom is 0.264 e. The largest absolute Gasteiger partial charge is 0.504 e. The Balaban J connectivity index is 1.28. The average molecular weight is 491 g/mol. The van der Waals surface area contributed by atoms with Gasteiger partial charge in [0.2, 0.25) is 0 Å². The molecule has 3 fully saturated rings. The molecule has 186 valence electrons. The lowest BCUT2D eigenvalue weighted by Crippen LogP contribution is -2.78. The number of phenolic OH excluding ortho intramolecular Hbond substituents is 1. The molecule has 0 aromatic heterocycles. The van der Waals surface area contributed by atoms with Crippen LogP contribution in [0.5, 0.6) is 11.5 Å². The Morgan fingerprint density at radius 1 is 1.08 bits per heavy atom. The molecule has 5 atom stereocenters. The van der Waals surface area contributed by atoms with Gasteiger partial charge in [-0.1, -0.05) is 12.1 Å². The van der Waals surface area contributed by atoms with Crippen molar-refractivity contribution in [1.82, 2.24) is 9.80 Å². The van der Waals surface area contributed by atoms with Crippen LogP contribution in [0.25, 0.3) is 0 Å². The number of halogens is 1. The topological polar surface area (TPSA) is 90.3 Å². The number of rotatable bonds is 3. The van der Waals surface area contributed by atoms with Crippen molar-refractivity contribution < 1.29 is 28.9 Å². The molecule has 1 saturated heterocycles. The molecule has 2 amide bonds. The van der Waals surface area contributed by atoms with Gasteiger partial charge in [0.05, 0.1) is 28.2 Å². The number of hydrogen-bond donors (Lipinski definition) is 2. The molecule has 36 heavy (non-hydrogen) atoms. The third-order valence-corrected chi connectivity index (χ3v) is 9.96. The first-order valence-corrected chi connectivity index (χ1v) is 13.0. The van der Waals surface area contributed by atoms with Gasteiger partial charge in [-0.3, -0.25) is 19.4 Å². The van der Waals surface area contributed by atoms with Crippen LogP contribution in [0.4, 0.5) is 4.39 Å². The van der Waals surface area contributed by atoms with Crippen LogP contribution in [0.3, 0.4) is 0 Å². The number of aliphatic hydroxyl groups is 1. The first kappa shape index (κ1) is 21.1. The molecule has 7 nitrogen and oxygen atoms in total. The van der Waals surface area contributed by atoms with Crippen molar-refractivity contribution in [2.24, 2.45) is 5.92 Å². The van der Waals surface area contributed by atoms with Crippen LogP contribution >= 0.6 is 0 Å². The van der Waals surface area contributed by atoms with Gasteiger partial charge in [-0.25, -0.2) is 4.39 Å². The van der Waals surface area contributed by atoms with E-state index in [9.17, 15) is 24.2 Å². The molecule has 2 aromatic carbocycles. The summed E-state index contributed by atoms with van der Waals surface area (Å²) in [5.41, 5.74) is -0.203. The van der Waals surface area contributed by atoms with Crippen LogP contribution in [-0.4, -0.2) is 68.7 Å². The lowest BCUT2D eigenvalue weighted by Gasteiger charge is -2.64. The van der Waals surface area contributed by atoms with E-state index in [-0.39, 0.29) is 22.9 Å². The Kier molecular flexibility index (Phi) is 3.91. The molecule has 2 bridgehead atoms. The highest BCUT2D eigenvalue weighted by Gasteiger charge is 2.74. The Morgan fingerprint density at radius 3 is 2.69 bits per heavy atom. The van der Waals surface area contributed by atoms with Gasteiger partial charge >= 0.3 is 0 Å². The maximum absolute atomic E-state index is 14.6. The number of phenols is 1. The molecule has 8 rings (SSSR count). The number of ether oxygens (including phenoxy) is 1. The number of nitrogens with zero attached hydrogens (tertiary/aromatic N) is 2. The minimum Gasteiger partial charge on any atom is -0.504 e. The summed E-state index contributed by atoms with van der Waals surface area (Å²) in [6, 6.07) is 6.91. The fraction of sp³-hybridized carbons (Fsp3) is 0.500. The molecule has 6 aliphatic rings. The number of amides is 2. The van der Waals surface area contributed by atoms with E-state index in [2.05, 4.69) is 4.90 Å². The van der Waals surface area contributed by atoms with Crippen LogP contribution < -0.4 is 4.74 Å². The van der Waals surface area contributed by atoms with E-state index in [1.807, 2.05) is 6.07 Å². The summed E-state index contributed by atoms with van der Waals surface area (Å²) in [5, 5.41) is 23.4. The van der Waals surface area contributed by atoms with Crippen molar-refractivity contribution in [3.05, 3.63) is 58.4 Å². The highest BCUT2D eigenvalue weighted by Crippen LogP contribution is 2.66. The molecule has 0 radical (unpaired) electrons. The van der Waals surface area contributed by atoms with E-state index in [4.69, 9.17) is 4.74 Å². The number of piperidine rings is 1. The molecular formula is C28H27FN2O5. The molecule has 2 aromatic rings. The minimum absolute atomic E-state index is 0.00545. The summed E-state index contributed by atoms with van der Waals surface area (Å²) >= 11 is 0. The fourth-order valence-electron chi connectivity index (χ4n) is 8.28. The number of likely N-dealkylation sites (tertiary alicyclic amines) is 1. The van der Waals surface area contributed by atoms with Gasteiger partial charge in [-0.05, 0) is 74.8 Å². The van der Waals surface area contributed by atoms with Gasteiger partial charge in [0.25, 0.3) is 11.8 Å². The average Bonchev–Trinajstić information content (AvgIpc) is 3.54. The lowest BCUT2D eigenvalue weighted by atomic mass is 9.48. The first-order valence-electron chi connectivity index (χ1n) is 13.0. The van der Waals surface area contributed by atoms with Crippen LogP contribution in [0.15, 0.2) is 30.3 Å². The molecule has 3 heterocycles. The van der Waals surface area contributed by atoms with E-state index in [0.717, 1.165) is 29.1 Å². The zero-order chi connectivity index (χ0) is 24.6. The van der Waals surface area contributed by atoms with Gasteiger partial charge in [-0.15, -0.1) is 0 Å². The van der Waals surface area contributed by atoms with Crippen LogP contribution in [0.1, 0.15) is 63.9 Å². The molecule has 0 unspecified atom stereocenters. The number of carbonyl (C=O) groups excluding carboxylic acids is 2. The van der Waals surface area contributed by atoms with Crippen molar-refractivity contribution in [2.75, 3.05) is 13.1 Å². The summed E-state index contributed by atoms with van der Waals surface area (Å²) in [6.07, 6.45) is 3.77. The van der Waals surface area contributed by atoms with Crippen molar-refractivity contribution in [3.63, 3.8) is 0 Å². The summed E-state index contributed by atoms with van der Waals surface area (Å²) in [6.45, 7) is 1.75. The van der Waals surface area contributed by atoms with Crippen molar-refractivity contribution >= 4 is 11.8 Å². The predicted octanol–water partition coefficient (Wildman–Crippen LogP) is 2.76. The van der Waals surface area contributed by atoms with E-state index in [1.54, 1.807) is 6.07 Å². The quantitative estimate of drug-likeness (QED) is 0.644. The van der Waals surface area contributed by atoms with Crippen LogP contribution in [0, 0.1) is 11.7 Å². The number of imide groups is 1. The van der Waals surface area contributed by atoms with Crippen LogP contribution in [-0.2, 0) is 11.8 Å². The number of fused-ring (bicyclic) bond motifs is 1. The number of carbonyl (C=O) groups is 2. The van der Waals surface area contributed by atoms with E-state index >= 15 is 0 Å². The second-order valence-electron chi connectivity index (χ2n) is 11.5. The van der Waals surface area contributed by atoms with Gasteiger partial charge in [0.1, 0.15) is 11.9 Å². The molecule has 3 aliphatic carbocycles. The zero-order valence-electron chi connectivity index (χ0n) is 19.7. The van der Waals surface area contributed by atoms with Crippen molar-refractivity contribution in [1.29, 1.82) is 0 Å². The van der Waals surface area contributed by atoms with Crippen molar-refractivity contribution in [3.8, 4) is 11.5 Å². The van der Waals surface area contributed by atoms with Gasteiger partial charge in [-0.2, -0.15) is 0 Å². The summed E-state index contributed by atoms with van der Waals surface area (Å²) < 4.78 is 21.1. The highest BCUT2D eigenvalue weighted by atomic mass is 19.1. The number of hydrogen-bond acceptors (Lipinski definition) is 6. The first-order chi connectivity index (χ1) is 17.3. The Hall–Kier alpha value is -2.97. The summed E-state index contributed by atoms with van der Waals surface area (Å²) in [5.74, 6) is -0.836. The number of aromatic hydroxyl groups is 1. The molecule has 1 spiro atoms. The Bertz CT molecular complexity index is 1370. The predicted molar refractivity (Wildman–Crippen MR) is 125 cm³/mol. The van der Waals surface area contributed by atoms with Gasteiger partial charge in [0, 0.05) is 18.2 Å². The summed E-state index contributed by atoms with van der Waals surface area (Å²) in [4.78, 5) is 30.5. The monoisotopic (exact) mass is 490 g/mol. The normalized spacial score (nSPS) is 36.1. The number of benzene rings is 2. The molecule has 8 heteroatoms. The van der Waals surface area contributed by atoms with Gasteiger partial charge < -0.3 is 14.9 Å². The molecule has 2 saturated carbocycles. The van der Waals surface area contributed by atoms with E-state index in [0.29, 0.717) is 37.4 Å².